The fraction of sp³-hybridized carbons (Fsp3) is 0.630. The lowest BCUT2D eigenvalue weighted by Gasteiger charge is -2.45. The van der Waals surface area contributed by atoms with Crippen LogP contribution in [0.5, 0.6) is 0 Å². The topological polar surface area (TPSA) is 96.0 Å². The van der Waals surface area contributed by atoms with E-state index < -0.39 is 17.7 Å². The van der Waals surface area contributed by atoms with Gasteiger partial charge in [-0.25, -0.2) is 4.79 Å². The number of nitrogens with zero attached hydrogens (tertiary/aromatic N) is 2. The normalized spacial score (nSPS) is 22.9. The third-order valence-corrected chi connectivity index (χ3v) is 7.27. The van der Waals surface area contributed by atoms with Gasteiger partial charge in [-0.15, -0.1) is 0 Å². The molecule has 0 spiro atoms. The number of nitrogens with one attached hydrogen (secondary N) is 1. The lowest BCUT2D eigenvalue weighted by atomic mass is 9.78. The second-order valence-corrected chi connectivity index (χ2v) is 10.9. The van der Waals surface area contributed by atoms with Crippen molar-refractivity contribution in [1.82, 2.24) is 15.1 Å². The predicted molar refractivity (Wildman–Crippen MR) is 131 cm³/mol. The van der Waals surface area contributed by atoms with E-state index in [-0.39, 0.29) is 30.3 Å². The van der Waals surface area contributed by atoms with Crippen LogP contribution in [-0.4, -0.2) is 64.4 Å². The summed E-state index contributed by atoms with van der Waals surface area (Å²) in [5.74, 6) is -0.180. The number of benzene rings is 1. The number of fused-ring (bicyclic) bond motifs is 2. The van der Waals surface area contributed by atoms with Crippen LogP contribution >= 0.6 is 0 Å². The number of hydrogen-bond acceptors (Lipinski definition) is 5. The van der Waals surface area contributed by atoms with Gasteiger partial charge in [0.15, 0.2) is 0 Å². The molecule has 4 rings (SSSR count). The summed E-state index contributed by atoms with van der Waals surface area (Å²) in [5.41, 5.74) is 0.138. The number of rotatable bonds is 6. The average molecular weight is 484 g/mol. The number of carbonyl (C=O) groups is 4. The molecule has 190 valence electrons. The van der Waals surface area contributed by atoms with Crippen LogP contribution in [-0.2, 0) is 9.53 Å². The molecule has 1 saturated carbocycles. The lowest BCUT2D eigenvalue weighted by molar-refractivity contribution is -0.140. The Labute approximate surface area is 207 Å². The minimum Gasteiger partial charge on any atom is -0.444 e. The number of ether oxygens (including phenoxy) is 1. The monoisotopic (exact) mass is 483 g/mol. The highest BCUT2D eigenvalue weighted by molar-refractivity contribution is 6.21. The molecule has 1 saturated heterocycles. The number of carbonyl (C=O) groups excluding carboxylic acids is 4. The summed E-state index contributed by atoms with van der Waals surface area (Å²) in [4.78, 5) is 54.9. The molecule has 0 radical (unpaired) electrons. The van der Waals surface area contributed by atoms with E-state index in [1.165, 1.54) is 11.3 Å². The third-order valence-electron chi connectivity index (χ3n) is 7.27. The van der Waals surface area contributed by atoms with Crippen molar-refractivity contribution in [3.63, 3.8) is 0 Å². The van der Waals surface area contributed by atoms with Gasteiger partial charge in [0.05, 0.1) is 11.1 Å². The standard InChI is InChI=1S/C27H37N3O5/c1-27(2,3)35-26(34)28-21(25(33)29-16-8-11-18-10-4-7-15-22(18)29)14-9-17-30-23(31)19-12-5-6-13-20(19)24(30)32/h5-6,12-13,18,21-22H,4,7-11,14-17H2,1-3H3,(H,28,34)/t18-,21-,22+/m1/s1. The zero-order valence-electron chi connectivity index (χ0n) is 21.0. The fourth-order valence-corrected chi connectivity index (χ4v) is 5.70. The van der Waals surface area contributed by atoms with Gasteiger partial charge in [0.25, 0.3) is 11.8 Å². The second-order valence-electron chi connectivity index (χ2n) is 10.9. The first kappa shape index (κ1) is 25.2. The third kappa shape index (κ3) is 5.68. The van der Waals surface area contributed by atoms with Gasteiger partial charge in [-0.2, -0.15) is 0 Å². The lowest BCUT2D eigenvalue weighted by Crippen LogP contribution is -2.56. The summed E-state index contributed by atoms with van der Waals surface area (Å²) < 4.78 is 5.43. The Bertz CT molecular complexity index is 948. The molecule has 1 aromatic carbocycles. The van der Waals surface area contributed by atoms with Crippen LogP contribution in [0.4, 0.5) is 4.79 Å². The SMILES string of the molecule is CC(C)(C)OC(=O)N[C@H](CCCN1C(=O)c2ccccc2C1=O)C(=O)N1CCC[C@H]2CCCC[C@@H]21. The molecular formula is C27H37N3O5. The molecule has 0 unspecified atom stereocenters. The molecule has 2 aliphatic heterocycles. The molecule has 8 heteroatoms. The minimum absolute atomic E-state index is 0.0881. The first-order valence-corrected chi connectivity index (χ1v) is 12.9. The molecular weight excluding hydrogens is 446 g/mol. The van der Waals surface area contributed by atoms with Crippen molar-refractivity contribution in [3.05, 3.63) is 35.4 Å². The van der Waals surface area contributed by atoms with E-state index in [1.807, 2.05) is 4.90 Å². The number of likely N-dealkylation sites (tertiary alicyclic amines) is 1. The maximum absolute atomic E-state index is 13.7. The van der Waals surface area contributed by atoms with Crippen molar-refractivity contribution in [2.45, 2.75) is 89.8 Å². The zero-order chi connectivity index (χ0) is 25.2. The zero-order valence-corrected chi connectivity index (χ0v) is 21.0. The van der Waals surface area contributed by atoms with Gasteiger partial charge in [-0.05, 0) is 77.3 Å². The van der Waals surface area contributed by atoms with Crippen molar-refractivity contribution >= 4 is 23.8 Å². The molecule has 2 fully saturated rings. The molecule has 4 amide bonds. The molecule has 8 nitrogen and oxygen atoms in total. The van der Waals surface area contributed by atoms with Crippen molar-refractivity contribution in [2.75, 3.05) is 13.1 Å². The van der Waals surface area contributed by atoms with Crippen LogP contribution < -0.4 is 5.32 Å². The molecule has 0 bridgehead atoms. The first-order chi connectivity index (χ1) is 16.7. The molecule has 0 aromatic heterocycles. The Morgan fingerprint density at radius 2 is 1.66 bits per heavy atom. The van der Waals surface area contributed by atoms with Crippen LogP contribution in [0.15, 0.2) is 24.3 Å². The van der Waals surface area contributed by atoms with Crippen molar-refractivity contribution in [1.29, 1.82) is 0 Å². The summed E-state index contributed by atoms with van der Waals surface area (Å²) in [7, 11) is 0. The minimum atomic E-state index is -0.763. The number of amides is 4. The Hall–Kier alpha value is -2.90. The molecule has 1 N–H and O–H groups in total. The Kier molecular flexibility index (Phi) is 7.47. The van der Waals surface area contributed by atoms with Crippen LogP contribution in [0, 0.1) is 5.92 Å². The second kappa shape index (κ2) is 10.4. The average Bonchev–Trinajstić information content (AvgIpc) is 3.06. The quantitative estimate of drug-likeness (QED) is 0.614. The van der Waals surface area contributed by atoms with Gasteiger partial charge < -0.3 is 15.0 Å². The summed E-state index contributed by atoms with van der Waals surface area (Å²) in [6, 6.07) is 6.25. The Morgan fingerprint density at radius 3 is 2.31 bits per heavy atom. The molecule has 3 atom stereocenters. The summed E-state index contributed by atoms with van der Waals surface area (Å²) in [6.45, 7) is 6.23. The van der Waals surface area contributed by atoms with Crippen molar-refractivity contribution < 1.29 is 23.9 Å². The number of alkyl carbamates (subject to hydrolysis) is 1. The molecule has 35 heavy (non-hydrogen) atoms. The predicted octanol–water partition coefficient (Wildman–Crippen LogP) is 4.14. The summed E-state index contributed by atoms with van der Waals surface area (Å²) in [5, 5.41) is 2.79. The smallest absolute Gasteiger partial charge is 0.408 e. The maximum atomic E-state index is 13.7. The van der Waals surface area contributed by atoms with E-state index in [9.17, 15) is 19.2 Å². The highest BCUT2D eigenvalue weighted by Gasteiger charge is 2.39. The van der Waals surface area contributed by atoms with Gasteiger partial charge in [0.2, 0.25) is 5.91 Å². The highest BCUT2D eigenvalue weighted by Crippen LogP contribution is 2.35. The van der Waals surface area contributed by atoms with Gasteiger partial charge >= 0.3 is 6.09 Å². The van der Waals surface area contributed by atoms with Crippen LogP contribution in [0.1, 0.15) is 92.9 Å². The van der Waals surface area contributed by atoms with Gasteiger partial charge in [0, 0.05) is 19.1 Å². The van der Waals surface area contributed by atoms with E-state index in [4.69, 9.17) is 4.74 Å². The van der Waals surface area contributed by atoms with Gasteiger partial charge in [-0.1, -0.05) is 25.0 Å². The van der Waals surface area contributed by atoms with E-state index in [2.05, 4.69) is 5.32 Å². The van der Waals surface area contributed by atoms with Crippen molar-refractivity contribution in [3.8, 4) is 0 Å². The van der Waals surface area contributed by atoms with Gasteiger partial charge in [0.1, 0.15) is 11.6 Å². The van der Waals surface area contributed by atoms with Crippen LogP contribution in [0.2, 0.25) is 0 Å². The van der Waals surface area contributed by atoms with Crippen LogP contribution in [0.25, 0.3) is 0 Å². The number of imide groups is 1. The summed E-state index contributed by atoms with van der Waals surface area (Å²) in [6.07, 6.45) is 6.70. The molecule has 3 aliphatic rings. The van der Waals surface area contributed by atoms with Gasteiger partial charge in [-0.3, -0.25) is 19.3 Å². The Morgan fingerprint density at radius 1 is 1.03 bits per heavy atom. The highest BCUT2D eigenvalue weighted by atomic mass is 16.6. The first-order valence-electron chi connectivity index (χ1n) is 12.9. The van der Waals surface area contributed by atoms with E-state index in [0.29, 0.717) is 36.4 Å². The number of hydrogen-bond donors (Lipinski definition) is 1. The van der Waals surface area contributed by atoms with Crippen LogP contribution in [0.3, 0.4) is 0 Å². The molecule has 1 aliphatic carbocycles. The molecule has 1 aromatic rings. The fourth-order valence-electron chi connectivity index (χ4n) is 5.70. The van der Waals surface area contributed by atoms with Crippen molar-refractivity contribution in [2.24, 2.45) is 5.92 Å². The number of piperidine rings is 1. The maximum Gasteiger partial charge on any atom is 0.408 e. The van der Waals surface area contributed by atoms with E-state index in [1.54, 1.807) is 45.0 Å². The van der Waals surface area contributed by atoms with E-state index >= 15 is 0 Å². The van der Waals surface area contributed by atoms with E-state index in [0.717, 1.165) is 32.1 Å². The Balaban J connectivity index is 1.44. The largest absolute Gasteiger partial charge is 0.444 e. The molecule has 2 heterocycles. The summed E-state index contributed by atoms with van der Waals surface area (Å²) >= 11 is 0.